The number of nitrogens with one attached hydrogen (secondary N) is 1. The lowest BCUT2D eigenvalue weighted by molar-refractivity contribution is 0.164. The van der Waals surface area contributed by atoms with Crippen LogP contribution in [0.3, 0.4) is 0 Å². The second kappa shape index (κ2) is 5.18. The maximum absolute atomic E-state index is 12.2. The molecule has 0 radical (unpaired) electrons. The first-order valence-electron chi connectivity index (χ1n) is 6.43. The summed E-state index contributed by atoms with van der Waals surface area (Å²) in [5, 5.41) is 21.5. The van der Waals surface area contributed by atoms with E-state index >= 15 is 0 Å². The third kappa shape index (κ3) is 2.37. The minimum atomic E-state index is -0.588. The molecule has 1 aromatic rings. The number of carbonyl (C=O) groups excluding carboxylic acids is 1. The van der Waals surface area contributed by atoms with Gasteiger partial charge in [0.15, 0.2) is 11.5 Å². The van der Waals surface area contributed by atoms with Crippen molar-refractivity contribution in [3.63, 3.8) is 0 Å². The molecule has 0 bridgehead atoms. The zero-order valence-electron chi connectivity index (χ0n) is 10.8. The summed E-state index contributed by atoms with van der Waals surface area (Å²) < 4.78 is 10.4. The zero-order valence-corrected chi connectivity index (χ0v) is 10.8. The van der Waals surface area contributed by atoms with Gasteiger partial charge in [-0.1, -0.05) is 0 Å². The molecule has 2 atom stereocenters. The number of benzene rings is 1. The molecular formula is C13H16N2O5. The van der Waals surface area contributed by atoms with E-state index in [0.29, 0.717) is 23.6 Å². The van der Waals surface area contributed by atoms with E-state index in [2.05, 4.69) is 5.32 Å². The third-order valence-electron chi connectivity index (χ3n) is 3.49. The van der Waals surface area contributed by atoms with Crippen molar-refractivity contribution < 1.29 is 24.5 Å². The van der Waals surface area contributed by atoms with Crippen LogP contribution in [-0.2, 0) is 0 Å². The molecule has 20 heavy (non-hydrogen) atoms. The Balaban J connectivity index is 1.69. The number of rotatable bonds is 2. The predicted molar refractivity (Wildman–Crippen MR) is 69.8 cm³/mol. The fourth-order valence-corrected chi connectivity index (χ4v) is 2.48. The minimum absolute atomic E-state index is 0.161. The Bertz CT molecular complexity index is 521. The molecule has 1 saturated heterocycles. The Morgan fingerprint density at radius 2 is 2.20 bits per heavy atom. The number of amides is 2. The second-order valence-electron chi connectivity index (χ2n) is 4.88. The summed E-state index contributed by atoms with van der Waals surface area (Å²) in [6.07, 6.45) is -0.194. The lowest BCUT2D eigenvalue weighted by Crippen LogP contribution is -2.40. The molecule has 3 rings (SSSR count). The number of urea groups is 1. The van der Waals surface area contributed by atoms with Crippen LogP contribution in [0.2, 0.25) is 0 Å². The van der Waals surface area contributed by atoms with Gasteiger partial charge in [0.1, 0.15) is 0 Å². The van der Waals surface area contributed by atoms with Gasteiger partial charge in [-0.25, -0.2) is 4.79 Å². The van der Waals surface area contributed by atoms with Crippen molar-refractivity contribution in [1.29, 1.82) is 0 Å². The number of anilines is 1. The van der Waals surface area contributed by atoms with E-state index in [9.17, 15) is 15.0 Å². The molecule has 0 aliphatic carbocycles. The largest absolute Gasteiger partial charge is 0.454 e. The van der Waals surface area contributed by atoms with Crippen LogP contribution in [0.5, 0.6) is 11.5 Å². The minimum Gasteiger partial charge on any atom is -0.454 e. The van der Waals surface area contributed by atoms with Gasteiger partial charge in [-0.2, -0.15) is 0 Å². The highest BCUT2D eigenvalue weighted by atomic mass is 16.7. The molecule has 0 spiro atoms. The molecule has 1 aromatic carbocycles. The number of carbonyl (C=O) groups is 1. The van der Waals surface area contributed by atoms with E-state index in [1.54, 1.807) is 18.2 Å². The van der Waals surface area contributed by atoms with Crippen LogP contribution in [0.15, 0.2) is 18.2 Å². The van der Waals surface area contributed by atoms with Crippen molar-refractivity contribution >= 4 is 11.7 Å². The van der Waals surface area contributed by atoms with Gasteiger partial charge in [0.05, 0.1) is 18.8 Å². The molecule has 7 heteroatoms. The summed E-state index contributed by atoms with van der Waals surface area (Å²) in [6.45, 7) is 0.241. The molecule has 0 aromatic heterocycles. The maximum atomic E-state index is 12.2. The van der Waals surface area contributed by atoms with Crippen molar-refractivity contribution in [2.24, 2.45) is 0 Å². The normalized spacial score (nSPS) is 24.0. The van der Waals surface area contributed by atoms with Gasteiger partial charge >= 0.3 is 6.03 Å². The molecule has 0 saturated carbocycles. The molecule has 2 aliphatic rings. The second-order valence-corrected chi connectivity index (χ2v) is 4.88. The summed E-state index contributed by atoms with van der Waals surface area (Å²) in [5.41, 5.74) is 0.581. The van der Waals surface area contributed by atoms with Crippen molar-refractivity contribution in [2.75, 3.05) is 25.3 Å². The Morgan fingerprint density at radius 3 is 3.00 bits per heavy atom. The van der Waals surface area contributed by atoms with Crippen LogP contribution in [0.25, 0.3) is 0 Å². The van der Waals surface area contributed by atoms with Crippen LogP contribution < -0.4 is 14.8 Å². The number of nitrogens with zero attached hydrogens (tertiary/aromatic N) is 1. The van der Waals surface area contributed by atoms with E-state index in [1.807, 2.05) is 0 Å². The van der Waals surface area contributed by atoms with Crippen LogP contribution in [0.4, 0.5) is 10.5 Å². The standard InChI is InChI=1S/C13H16N2O5/c16-6-9-4-10(17)5-15(9)13(18)14-8-1-2-11-12(3-8)20-7-19-11/h1-3,9-10,16-17H,4-7H2,(H,14,18)/t9-,10+/m1/s1. The highest BCUT2D eigenvalue weighted by Crippen LogP contribution is 2.34. The molecule has 2 heterocycles. The van der Waals surface area contributed by atoms with Gasteiger partial charge in [-0.05, 0) is 18.6 Å². The van der Waals surface area contributed by atoms with Gasteiger partial charge in [0, 0.05) is 18.3 Å². The Morgan fingerprint density at radius 1 is 1.40 bits per heavy atom. The highest BCUT2D eigenvalue weighted by Gasteiger charge is 2.33. The van der Waals surface area contributed by atoms with E-state index < -0.39 is 6.10 Å². The number of hydrogen-bond donors (Lipinski definition) is 3. The van der Waals surface area contributed by atoms with Gasteiger partial charge in [0.25, 0.3) is 0 Å². The Labute approximate surface area is 115 Å². The molecule has 2 aliphatic heterocycles. The molecule has 0 unspecified atom stereocenters. The fourth-order valence-electron chi connectivity index (χ4n) is 2.48. The lowest BCUT2D eigenvalue weighted by atomic mass is 10.2. The summed E-state index contributed by atoms with van der Waals surface area (Å²) in [4.78, 5) is 13.6. The highest BCUT2D eigenvalue weighted by molar-refractivity contribution is 5.90. The van der Waals surface area contributed by atoms with Crippen LogP contribution >= 0.6 is 0 Å². The van der Waals surface area contributed by atoms with Crippen LogP contribution in [0, 0.1) is 0 Å². The molecule has 3 N–H and O–H groups in total. The van der Waals surface area contributed by atoms with Gasteiger partial charge < -0.3 is 29.9 Å². The number of likely N-dealkylation sites (tertiary alicyclic amines) is 1. The van der Waals surface area contributed by atoms with Gasteiger partial charge in [0.2, 0.25) is 6.79 Å². The molecule has 1 fully saturated rings. The number of aliphatic hydroxyl groups excluding tert-OH is 2. The summed E-state index contributed by atoms with van der Waals surface area (Å²) in [7, 11) is 0. The average molecular weight is 280 g/mol. The monoisotopic (exact) mass is 280 g/mol. The molecule has 7 nitrogen and oxygen atoms in total. The SMILES string of the molecule is O=C(Nc1ccc2c(c1)OCO2)N1C[C@@H](O)C[C@@H]1CO. The lowest BCUT2D eigenvalue weighted by Gasteiger charge is -2.23. The van der Waals surface area contributed by atoms with E-state index in [-0.39, 0.29) is 32.0 Å². The fraction of sp³-hybridized carbons (Fsp3) is 0.462. The summed E-state index contributed by atoms with van der Waals surface area (Å²) in [6, 6.07) is 4.42. The number of hydrogen-bond acceptors (Lipinski definition) is 5. The first-order chi connectivity index (χ1) is 9.67. The average Bonchev–Trinajstić information content (AvgIpc) is 3.03. The van der Waals surface area contributed by atoms with E-state index in [4.69, 9.17) is 9.47 Å². The maximum Gasteiger partial charge on any atom is 0.322 e. The van der Waals surface area contributed by atoms with Crippen molar-refractivity contribution in [3.05, 3.63) is 18.2 Å². The first-order valence-corrected chi connectivity index (χ1v) is 6.43. The van der Waals surface area contributed by atoms with Crippen LogP contribution in [0.1, 0.15) is 6.42 Å². The van der Waals surface area contributed by atoms with Crippen LogP contribution in [-0.4, -0.2) is 53.2 Å². The zero-order chi connectivity index (χ0) is 14.1. The Kier molecular flexibility index (Phi) is 3.37. The van der Waals surface area contributed by atoms with E-state index in [1.165, 1.54) is 4.90 Å². The smallest absolute Gasteiger partial charge is 0.322 e. The van der Waals surface area contributed by atoms with Gasteiger partial charge in [-0.3, -0.25) is 0 Å². The van der Waals surface area contributed by atoms with Crippen molar-refractivity contribution in [3.8, 4) is 11.5 Å². The predicted octanol–water partition coefficient (Wildman–Crippen LogP) is 0.375. The third-order valence-corrected chi connectivity index (χ3v) is 3.49. The Hall–Kier alpha value is -1.99. The number of β-amino-alcohol motifs (C(OH)–C–C–N with tert-alkyl or cyclic N) is 1. The molecule has 2 amide bonds. The topological polar surface area (TPSA) is 91.3 Å². The quantitative estimate of drug-likeness (QED) is 0.728. The molecular weight excluding hydrogens is 264 g/mol. The molecule has 108 valence electrons. The van der Waals surface area contributed by atoms with E-state index in [0.717, 1.165) is 0 Å². The number of ether oxygens (including phenoxy) is 2. The summed E-state index contributed by atoms with van der Waals surface area (Å²) in [5.74, 6) is 1.23. The first kappa shape index (κ1) is 13.0. The van der Waals surface area contributed by atoms with Gasteiger partial charge in [-0.15, -0.1) is 0 Å². The summed E-state index contributed by atoms with van der Waals surface area (Å²) >= 11 is 0. The number of fused-ring (bicyclic) bond motifs is 1. The van der Waals surface area contributed by atoms with Crippen molar-refractivity contribution in [2.45, 2.75) is 18.6 Å². The number of aliphatic hydroxyl groups is 2. The van der Waals surface area contributed by atoms with Crippen molar-refractivity contribution in [1.82, 2.24) is 4.90 Å².